The third-order valence-electron chi connectivity index (χ3n) is 4.73. The van der Waals surface area contributed by atoms with Crippen LogP contribution < -0.4 is 5.73 Å². The van der Waals surface area contributed by atoms with E-state index in [9.17, 15) is 0 Å². The van der Waals surface area contributed by atoms with Crippen molar-refractivity contribution in [2.45, 2.75) is 46.1 Å². The van der Waals surface area contributed by atoms with Gasteiger partial charge in [0.15, 0.2) is 0 Å². The molecule has 1 aromatic carbocycles. The first-order chi connectivity index (χ1) is 8.49. The van der Waals surface area contributed by atoms with Gasteiger partial charge in [0.1, 0.15) is 0 Å². The highest BCUT2D eigenvalue weighted by Gasteiger charge is 2.29. The fourth-order valence-electron chi connectivity index (χ4n) is 3.00. The van der Waals surface area contributed by atoms with Gasteiger partial charge in [0, 0.05) is 11.1 Å². The van der Waals surface area contributed by atoms with Crippen LogP contribution in [0.15, 0.2) is 18.2 Å². The number of hydrogen-bond donors (Lipinski definition) is 1. The first kappa shape index (κ1) is 13.9. The van der Waals surface area contributed by atoms with Crippen molar-refractivity contribution in [2.24, 2.45) is 23.5 Å². The number of rotatable bonds is 2. The van der Waals surface area contributed by atoms with Gasteiger partial charge in [-0.05, 0) is 54.7 Å². The number of aryl methyl sites for hydroxylation is 1. The smallest absolute Gasteiger partial charge is 0.0438 e. The van der Waals surface area contributed by atoms with Crippen LogP contribution in [-0.2, 0) is 0 Å². The van der Waals surface area contributed by atoms with Gasteiger partial charge >= 0.3 is 0 Å². The van der Waals surface area contributed by atoms with E-state index in [0.29, 0.717) is 5.92 Å². The summed E-state index contributed by atoms with van der Waals surface area (Å²) in [5.41, 5.74) is 8.75. The molecular weight excluding hydrogens is 242 g/mol. The zero-order valence-corrected chi connectivity index (χ0v) is 12.4. The Labute approximate surface area is 116 Å². The van der Waals surface area contributed by atoms with Crippen molar-refractivity contribution >= 4 is 11.6 Å². The van der Waals surface area contributed by atoms with Crippen molar-refractivity contribution in [3.8, 4) is 0 Å². The predicted molar refractivity (Wildman–Crippen MR) is 78.8 cm³/mol. The summed E-state index contributed by atoms with van der Waals surface area (Å²) in [7, 11) is 0. The van der Waals surface area contributed by atoms with E-state index in [2.05, 4.69) is 26.0 Å². The lowest BCUT2D eigenvalue weighted by Gasteiger charge is -2.35. The fraction of sp³-hybridized carbons (Fsp3) is 0.625. The summed E-state index contributed by atoms with van der Waals surface area (Å²) in [5, 5.41) is 0.833. The third-order valence-corrected chi connectivity index (χ3v) is 5.13. The Bertz CT molecular complexity index is 416. The molecule has 1 aliphatic rings. The van der Waals surface area contributed by atoms with Crippen molar-refractivity contribution < 1.29 is 0 Å². The molecule has 0 amide bonds. The largest absolute Gasteiger partial charge is 0.324 e. The van der Waals surface area contributed by atoms with Gasteiger partial charge in [-0.25, -0.2) is 0 Å². The lowest BCUT2D eigenvalue weighted by Crippen LogP contribution is -2.29. The Kier molecular flexibility index (Phi) is 4.34. The Balaban J connectivity index is 2.11. The first-order valence-corrected chi connectivity index (χ1v) is 7.38. The summed E-state index contributed by atoms with van der Waals surface area (Å²) in [6, 6.07) is 6.39. The summed E-state index contributed by atoms with van der Waals surface area (Å²) in [4.78, 5) is 0. The van der Waals surface area contributed by atoms with E-state index >= 15 is 0 Å². The molecule has 0 bridgehead atoms. The lowest BCUT2D eigenvalue weighted by atomic mass is 9.72. The maximum Gasteiger partial charge on any atom is 0.0438 e. The Morgan fingerprint density at radius 3 is 2.56 bits per heavy atom. The Hall–Kier alpha value is -0.530. The minimum Gasteiger partial charge on any atom is -0.324 e. The van der Waals surface area contributed by atoms with Crippen LogP contribution in [-0.4, -0.2) is 0 Å². The average Bonchev–Trinajstić information content (AvgIpc) is 2.35. The highest BCUT2D eigenvalue weighted by Crippen LogP contribution is 2.39. The van der Waals surface area contributed by atoms with Crippen LogP contribution >= 0.6 is 11.6 Å². The minimum atomic E-state index is 0.137. The van der Waals surface area contributed by atoms with Gasteiger partial charge in [0.05, 0.1) is 0 Å². The van der Waals surface area contributed by atoms with Gasteiger partial charge in [-0.2, -0.15) is 0 Å². The van der Waals surface area contributed by atoms with E-state index in [1.165, 1.54) is 24.8 Å². The molecule has 0 spiro atoms. The van der Waals surface area contributed by atoms with E-state index in [-0.39, 0.29) is 6.04 Å². The fourth-order valence-corrected chi connectivity index (χ4v) is 3.19. The summed E-state index contributed by atoms with van der Waals surface area (Å²) < 4.78 is 0. The molecule has 4 atom stereocenters. The molecule has 0 heterocycles. The van der Waals surface area contributed by atoms with Crippen molar-refractivity contribution in [2.75, 3.05) is 0 Å². The topological polar surface area (TPSA) is 26.0 Å². The van der Waals surface area contributed by atoms with Crippen LogP contribution in [0.1, 0.15) is 50.3 Å². The van der Waals surface area contributed by atoms with Crippen molar-refractivity contribution in [3.05, 3.63) is 34.3 Å². The van der Waals surface area contributed by atoms with Gasteiger partial charge in [-0.1, -0.05) is 44.0 Å². The molecular formula is C16H24ClN. The number of hydrogen-bond acceptors (Lipinski definition) is 1. The summed E-state index contributed by atoms with van der Waals surface area (Å²) >= 11 is 6.19. The molecule has 0 aliphatic heterocycles. The zero-order chi connectivity index (χ0) is 13.3. The van der Waals surface area contributed by atoms with Crippen LogP contribution in [0.3, 0.4) is 0 Å². The molecule has 1 fully saturated rings. The normalized spacial score (nSPS) is 30.2. The molecule has 1 nitrogen and oxygen atoms in total. The average molecular weight is 266 g/mol. The zero-order valence-electron chi connectivity index (χ0n) is 11.6. The Morgan fingerprint density at radius 1 is 1.22 bits per heavy atom. The van der Waals surface area contributed by atoms with Gasteiger partial charge in [-0.15, -0.1) is 0 Å². The highest BCUT2D eigenvalue weighted by atomic mass is 35.5. The summed E-state index contributed by atoms with van der Waals surface area (Å²) in [5.74, 6) is 2.24. The molecule has 2 heteroatoms. The van der Waals surface area contributed by atoms with Gasteiger partial charge < -0.3 is 5.73 Å². The quantitative estimate of drug-likeness (QED) is 0.823. The van der Waals surface area contributed by atoms with Gasteiger partial charge in [-0.3, -0.25) is 0 Å². The van der Waals surface area contributed by atoms with Crippen molar-refractivity contribution in [1.82, 2.24) is 0 Å². The second kappa shape index (κ2) is 5.63. The molecule has 1 aliphatic carbocycles. The lowest BCUT2D eigenvalue weighted by molar-refractivity contribution is 0.186. The molecule has 1 saturated carbocycles. The monoisotopic (exact) mass is 265 g/mol. The standard InChI is InChI=1S/C16H24ClN/c1-10-4-6-13(8-12(10)3)16(18)14-7-5-11(2)15(17)9-14/h5,7,9-10,12-13,16H,4,6,8,18H2,1-3H3. The summed E-state index contributed by atoms with van der Waals surface area (Å²) in [6.45, 7) is 6.74. The third kappa shape index (κ3) is 2.89. The number of nitrogens with two attached hydrogens (primary N) is 1. The first-order valence-electron chi connectivity index (χ1n) is 7.00. The summed E-state index contributed by atoms with van der Waals surface area (Å²) in [6.07, 6.45) is 3.80. The van der Waals surface area contributed by atoms with E-state index < -0.39 is 0 Å². The molecule has 0 radical (unpaired) electrons. The molecule has 18 heavy (non-hydrogen) atoms. The highest BCUT2D eigenvalue weighted by molar-refractivity contribution is 6.31. The molecule has 0 aromatic heterocycles. The number of benzene rings is 1. The van der Waals surface area contributed by atoms with Crippen molar-refractivity contribution in [1.29, 1.82) is 0 Å². The second-order valence-corrected chi connectivity index (χ2v) is 6.47. The maximum atomic E-state index is 6.44. The van der Waals surface area contributed by atoms with Gasteiger partial charge in [0.2, 0.25) is 0 Å². The van der Waals surface area contributed by atoms with E-state index in [4.69, 9.17) is 17.3 Å². The Morgan fingerprint density at radius 2 is 1.94 bits per heavy atom. The SMILES string of the molecule is Cc1ccc(C(N)C2CCC(C)C(C)C2)cc1Cl. The second-order valence-electron chi connectivity index (χ2n) is 6.06. The van der Waals surface area contributed by atoms with Gasteiger partial charge in [0.25, 0.3) is 0 Å². The van der Waals surface area contributed by atoms with Crippen LogP contribution in [0.25, 0.3) is 0 Å². The van der Waals surface area contributed by atoms with Crippen molar-refractivity contribution in [3.63, 3.8) is 0 Å². The maximum absolute atomic E-state index is 6.44. The van der Waals surface area contributed by atoms with Crippen LogP contribution in [0.5, 0.6) is 0 Å². The minimum absolute atomic E-state index is 0.137. The number of halogens is 1. The van der Waals surface area contributed by atoms with E-state index in [1.807, 2.05) is 13.0 Å². The van der Waals surface area contributed by atoms with Crippen LogP contribution in [0.2, 0.25) is 5.02 Å². The molecule has 0 saturated heterocycles. The molecule has 2 N–H and O–H groups in total. The molecule has 1 aromatic rings. The molecule has 100 valence electrons. The molecule has 4 unspecified atom stereocenters. The van der Waals surface area contributed by atoms with Crippen LogP contribution in [0, 0.1) is 24.7 Å². The van der Waals surface area contributed by atoms with Crippen LogP contribution in [0.4, 0.5) is 0 Å². The van der Waals surface area contributed by atoms with E-state index in [0.717, 1.165) is 22.4 Å². The predicted octanol–water partition coefficient (Wildman–Crippen LogP) is 4.72. The molecule has 2 rings (SSSR count). The van der Waals surface area contributed by atoms with E-state index in [1.54, 1.807) is 0 Å².